The predicted octanol–water partition coefficient (Wildman–Crippen LogP) is 2.51. The van der Waals surface area contributed by atoms with Gasteiger partial charge in [0.2, 0.25) is 0 Å². The highest BCUT2D eigenvalue weighted by Gasteiger charge is 2.30. The molecule has 2 aromatic rings. The molecule has 0 aliphatic carbocycles. The van der Waals surface area contributed by atoms with E-state index < -0.39 is 5.82 Å². The zero-order chi connectivity index (χ0) is 16.2. The van der Waals surface area contributed by atoms with Gasteiger partial charge in [-0.25, -0.2) is 9.07 Å². The lowest BCUT2D eigenvalue weighted by Crippen LogP contribution is -2.31. The Kier molecular flexibility index (Phi) is 4.71. The van der Waals surface area contributed by atoms with E-state index in [2.05, 4.69) is 5.10 Å². The molecule has 0 spiro atoms. The summed E-state index contributed by atoms with van der Waals surface area (Å²) in [6, 6.07) is 6.35. The first-order valence-electron chi connectivity index (χ1n) is 7.86. The molecule has 1 unspecified atom stereocenters. The lowest BCUT2D eigenvalue weighted by atomic mass is 10.1. The summed E-state index contributed by atoms with van der Waals surface area (Å²) in [6.07, 6.45) is 4.19. The minimum Gasteiger partial charge on any atom is -0.381 e. The number of hydrogen-bond acceptors (Lipinski definition) is 3. The van der Waals surface area contributed by atoms with Crippen molar-refractivity contribution in [3.05, 3.63) is 48.0 Å². The summed E-state index contributed by atoms with van der Waals surface area (Å²) in [5, 5.41) is 4.11. The normalized spacial score (nSPS) is 17.7. The molecule has 1 saturated heterocycles. The minimum absolute atomic E-state index is 0.0771. The molecular formula is C17H20FN3O2. The van der Waals surface area contributed by atoms with Gasteiger partial charge in [-0.3, -0.25) is 4.79 Å². The van der Waals surface area contributed by atoms with Gasteiger partial charge in [-0.2, -0.15) is 5.10 Å². The lowest BCUT2D eigenvalue weighted by Gasteiger charge is -2.19. The Morgan fingerprint density at radius 2 is 2.30 bits per heavy atom. The Hall–Kier alpha value is -2.21. The van der Waals surface area contributed by atoms with E-state index >= 15 is 0 Å². The molecule has 0 bridgehead atoms. The van der Waals surface area contributed by atoms with Crippen molar-refractivity contribution >= 4 is 5.91 Å². The molecule has 0 radical (unpaired) electrons. The molecule has 2 heterocycles. The van der Waals surface area contributed by atoms with Crippen LogP contribution in [0.3, 0.4) is 0 Å². The first-order chi connectivity index (χ1) is 11.2. The molecule has 1 atom stereocenters. The summed E-state index contributed by atoms with van der Waals surface area (Å²) in [6.45, 7) is 4.49. The maximum Gasteiger partial charge on any atom is 0.259 e. The van der Waals surface area contributed by atoms with E-state index in [0.29, 0.717) is 37.9 Å². The summed E-state index contributed by atoms with van der Waals surface area (Å²) in [7, 11) is 0. The van der Waals surface area contributed by atoms with Gasteiger partial charge in [-0.05, 0) is 31.5 Å². The SMILES string of the molecule is CCOCC1CCN(C(=O)c2c(F)cccc2-n2cccn2)C1. The third kappa shape index (κ3) is 3.27. The number of hydrogen-bond donors (Lipinski definition) is 0. The zero-order valence-electron chi connectivity index (χ0n) is 13.1. The second-order valence-electron chi connectivity index (χ2n) is 5.65. The Balaban J connectivity index is 1.83. The smallest absolute Gasteiger partial charge is 0.259 e. The average molecular weight is 317 g/mol. The second-order valence-corrected chi connectivity index (χ2v) is 5.65. The molecule has 3 rings (SSSR count). The van der Waals surface area contributed by atoms with E-state index in [-0.39, 0.29) is 11.5 Å². The molecule has 1 fully saturated rings. The minimum atomic E-state index is -0.517. The summed E-state index contributed by atoms with van der Waals surface area (Å²) < 4.78 is 21.3. The quantitative estimate of drug-likeness (QED) is 0.851. The molecule has 0 saturated carbocycles. The Morgan fingerprint density at radius 1 is 1.43 bits per heavy atom. The number of carbonyl (C=O) groups excluding carboxylic acids is 1. The molecule has 1 aromatic carbocycles. The Morgan fingerprint density at radius 3 is 3.04 bits per heavy atom. The van der Waals surface area contributed by atoms with Crippen LogP contribution in [0.1, 0.15) is 23.7 Å². The van der Waals surface area contributed by atoms with Crippen LogP contribution in [0.5, 0.6) is 0 Å². The van der Waals surface area contributed by atoms with Crippen LogP contribution in [0, 0.1) is 11.7 Å². The average Bonchev–Trinajstić information content (AvgIpc) is 3.23. The van der Waals surface area contributed by atoms with Crippen LogP contribution in [0.25, 0.3) is 5.69 Å². The molecule has 6 heteroatoms. The Bertz CT molecular complexity index is 672. The first kappa shape index (κ1) is 15.7. The molecule has 23 heavy (non-hydrogen) atoms. The van der Waals surface area contributed by atoms with Gasteiger partial charge in [0.05, 0.1) is 12.3 Å². The lowest BCUT2D eigenvalue weighted by molar-refractivity contribution is 0.0758. The van der Waals surface area contributed by atoms with Crippen molar-refractivity contribution in [1.29, 1.82) is 0 Å². The highest BCUT2D eigenvalue weighted by molar-refractivity contribution is 5.98. The fourth-order valence-corrected chi connectivity index (χ4v) is 2.92. The zero-order valence-corrected chi connectivity index (χ0v) is 13.1. The van der Waals surface area contributed by atoms with Crippen LogP contribution in [0.15, 0.2) is 36.7 Å². The third-order valence-electron chi connectivity index (χ3n) is 4.09. The van der Waals surface area contributed by atoms with Crippen molar-refractivity contribution in [3.63, 3.8) is 0 Å². The van der Waals surface area contributed by atoms with E-state index in [1.807, 2.05) is 6.92 Å². The number of likely N-dealkylation sites (tertiary alicyclic amines) is 1. The summed E-state index contributed by atoms with van der Waals surface area (Å²) in [5.41, 5.74) is 0.543. The van der Waals surface area contributed by atoms with Crippen LogP contribution >= 0.6 is 0 Å². The fraction of sp³-hybridized carbons (Fsp3) is 0.412. The van der Waals surface area contributed by atoms with Gasteiger partial charge in [0.25, 0.3) is 5.91 Å². The van der Waals surface area contributed by atoms with Crippen molar-refractivity contribution in [1.82, 2.24) is 14.7 Å². The van der Waals surface area contributed by atoms with Gasteiger partial charge in [0.15, 0.2) is 0 Å². The summed E-state index contributed by atoms with van der Waals surface area (Å²) in [4.78, 5) is 14.5. The summed E-state index contributed by atoms with van der Waals surface area (Å²) >= 11 is 0. The van der Waals surface area contributed by atoms with Crippen molar-refractivity contribution in [2.45, 2.75) is 13.3 Å². The number of ether oxygens (including phenoxy) is 1. The largest absolute Gasteiger partial charge is 0.381 e. The van der Waals surface area contributed by atoms with Crippen molar-refractivity contribution < 1.29 is 13.9 Å². The van der Waals surface area contributed by atoms with Crippen molar-refractivity contribution in [2.24, 2.45) is 5.92 Å². The van der Waals surface area contributed by atoms with E-state index in [1.165, 1.54) is 10.7 Å². The number of aromatic nitrogens is 2. The predicted molar refractivity (Wildman–Crippen MR) is 84.0 cm³/mol. The molecule has 122 valence electrons. The van der Waals surface area contributed by atoms with Crippen LogP contribution in [-0.2, 0) is 4.74 Å². The number of halogens is 1. The molecular weight excluding hydrogens is 297 g/mol. The van der Waals surface area contributed by atoms with Gasteiger partial charge in [0, 0.05) is 38.0 Å². The van der Waals surface area contributed by atoms with Crippen LogP contribution < -0.4 is 0 Å². The third-order valence-corrected chi connectivity index (χ3v) is 4.09. The topological polar surface area (TPSA) is 47.4 Å². The molecule has 1 aliphatic heterocycles. The van der Waals surface area contributed by atoms with Crippen molar-refractivity contribution in [3.8, 4) is 5.69 Å². The number of rotatable bonds is 5. The van der Waals surface area contributed by atoms with Crippen LogP contribution in [0.2, 0.25) is 0 Å². The first-order valence-corrected chi connectivity index (χ1v) is 7.86. The fourth-order valence-electron chi connectivity index (χ4n) is 2.92. The molecule has 1 amide bonds. The van der Waals surface area contributed by atoms with Gasteiger partial charge < -0.3 is 9.64 Å². The monoisotopic (exact) mass is 317 g/mol. The van der Waals surface area contributed by atoms with Crippen LogP contribution in [0.4, 0.5) is 4.39 Å². The highest BCUT2D eigenvalue weighted by atomic mass is 19.1. The molecule has 0 N–H and O–H groups in total. The number of amides is 1. The van der Waals surface area contributed by atoms with E-state index in [4.69, 9.17) is 4.74 Å². The molecule has 1 aromatic heterocycles. The number of carbonyl (C=O) groups is 1. The highest BCUT2D eigenvalue weighted by Crippen LogP contribution is 2.24. The van der Waals surface area contributed by atoms with Gasteiger partial charge in [-0.15, -0.1) is 0 Å². The van der Waals surface area contributed by atoms with E-state index in [9.17, 15) is 9.18 Å². The maximum absolute atomic E-state index is 14.3. The van der Waals surface area contributed by atoms with E-state index in [1.54, 1.807) is 35.5 Å². The second kappa shape index (κ2) is 6.91. The Labute approximate surface area is 134 Å². The van der Waals surface area contributed by atoms with Gasteiger partial charge in [-0.1, -0.05) is 6.07 Å². The van der Waals surface area contributed by atoms with Gasteiger partial charge in [0.1, 0.15) is 11.4 Å². The number of benzene rings is 1. The van der Waals surface area contributed by atoms with E-state index in [0.717, 1.165) is 6.42 Å². The van der Waals surface area contributed by atoms with Crippen molar-refractivity contribution in [2.75, 3.05) is 26.3 Å². The standard InChI is InChI=1S/C17H20FN3O2/c1-2-23-12-13-7-10-20(11-13)17(22)16-14(18)5-3-6-15(16)21-9-4-8-19-21/h3-6,8-9,13H,2,7,10-12H2,1H3. The molecule has 1 aliphatic rings. The van der Waals surface area contributed by atoms with Crippen LogP contribution in [-0.4, -0.2) is 46.9 Å². The van der Waals surface area contributed by atoms with Gasteiger partial charge >= 0.3 is 0 Å². The number of nitrogens with zero attached hydrogens (tertiary/aromatic N) is 3. The summed E-state index contributed by atoms with van der Waals surface area (Å²) in [5.74, 6) is -0.484. The molecule has 5 nitrogen and oxygen atoms in total. The maximum atomic E-state index is 14.3.